The summed E-state index contributed by atoms with van der Waals surface area (Å²) in [6, 6.07) is 6.71. The number of carbonyl (C=O) groups excluding carboxylic acids is 2. The number of ether oxygens (including phenoxy) is 1. The third-order valence-corrected chi connectivity index (χ3v) is 7.58. The highest BCUT2D eigenvalue weighted by molar-refractivity contribution is 8.00. The Morgan fingerprint density at radius 3 is 2.70 bits per heavy atom. The lowest BCUT2D eigenvalue weighted by molar-refractivity contribution is -0.119. The Morgan fingerprint density at radius 1 is 1.24 bits per heavy atom. The van der Waals surface area contributed by atoms with Crippen molar-refractivity contribution in [3.63, 3.8) is 0 Å². The number of nitrogens with one attached hydrogen (secondary N) is 2. The van der Waals surface area contributed by atoms with Gasteiger partial charge in [0, 0.05) is 11.4 Å². The maximum absolute atomic E-state index is 13.7. The zero-order valence-corrected chi connectivity index (χ0v) is 20.4. The fraction of sp³-hybridized carbons (Fsp3) is 0.391. The summed E-state index contributed by atoms with van der Waals surface area (Å²) in [6.07, 6.45) is 2.90. The summed E-state index contributed by atoms with van der Waals surface area (Å²) in [5.74, 6) is 0.260. The highest BCUT2D eigenvalue weighted by atomic mass is 32.2. The van der Waals surface area contributed by atoms with E-state index in [2.05, 4.69) is 10.6 Å². The third-order valence-electron chi connectivity index (χ3n) is 5.34. The smallest absolute Gasteiger partial charge is 0.321 e. The second kappa shape index (κ2) is 9.96. The average Bonchev–Trinajstić information content (AvgIpc) is 3.36. The predicted molar refractivity (Wildman–Crippen MR) is 131 cm³/mol. The molecule has 2 heterocycles. The van der Waals surface area contributed by atoms with Gasteiger partial charge >= 0.3 is 6.03 Å². The first-order valence-corrected chi connectivity index (χ1v) is 12.7. The molecular formula is C23H26N4O4S2. The van der Waals surface area contributed by atoms with Gasteiger partial charge in [0.15, 0.2) is 5.16 Å². The highest BCUT2D eigenvalue weighted by Gasteiger charge is 2.26. The van der Waals surface area contributed by atoms with Crippen molar-refractivity contribution in [2.45, 2.75) is 50.4 Å². The highest BCUT2D eigenvalue weighted by Crippen LogP contribution is 2.36. The van der Waals surface area contributed by atoms with Crippen LogP contribution in [0, 0.1) is 0 Å². The van der Waals surface area contributed by atoms with E-state index in [-0.39, 0.29) is 5.56 Å². The molecule has 174 valence electrons. The van der Waals surface area contributed by atoms with Crippen LogP contribution in [-0.4, -0.2) is 39.9 Å². The zero-order chi connectivity index (χ0) is 23.5. The molecule has 0 unspecified atom stereocenters. The lowest BCUT2D eigenvalue weighted by Gasteiger charge is -2.16. The van der Waals surface area contributed by atoms with Gasteiger partial charge in [-0.25, -0.2) is 9.78 Å². The lowest BCUT2D eigenvalue weighted by Crippen LogP contribution is -2.42. The van der Waals surface area contributed by atoms with Crippen LogP contribution in [0.3, 0.4) is 0 Å². The Bertz CT molecular complexity index is 1250. The van der Waals surface area contributed by atoms with Crippen LogP contribution in [0.1, 0.15) is 37.6 Å². The summed E-state index contributed by atoms with van der Waals surface area (Å²) in [4.78, 5) is 44.7. The van der Waals surface area contributed by atoms with Crippen molar-refractivity contribution in [3.05, 3.63) is 45.1 Å². The number of carbonyl (C=O) groups is 2. The number of hydrogen-bond acceptors (Lipinski definition) is 7. The number of rotatable bonds is 7. The van der Waals surface area contributed by atoms with Crippen LogP contribution >= 0.6 is 23.1 Å². The van der Waals surface area contributed by atoms with Crippen molar-refractivity contribution in [2.24, 2.45) is 0 Å². The predicted octanol–water partition coefficient (Wildman–Crippen LogP) is 3.66. The van der Waals surface area contributed by atoms with Gasteiger partial charge in [-0.05, 0) is 69.9 Å². The largest absolute Gasteiger partial charge is 0.494 e. The number of nitrogens with zero attached hydrogens (tertiary/aromatic N) is 2. The van der Waals surface area contributed by atoms with E-state index in [0.29, 0.717) is 40.0 Å². The Morgan fingerprint density at radius 2 is 2.00 bits per heavy atom. The number of hydrogen-bond donors (Lipinski definition) is 2. The normalized spacial score (nSPS) is 13.5. The van der Waals surface area contributed by atoms with E-state index in [1.54, 1.807) is 29.8 Å². The van der Waals surface area contributed by atoms with Crippen molar-refractivity contribution in [1.82, 2.24) is 20.2 Å². The van der Waals surface area contributed by atoms with Crippen LogP contribution in [-0.2, 0) is 17.6 Å². The molecule has 1 aromatic carbocycles. The molecular weight excluding hydrogens is 460 g/mol. The Kier molecular flexibility index (Phi) is 7.04. The van der Waals surface area contributed by atoms with E-state index >= 15 is 0 Å². The van der Waals surface area contributed by atoms with E-state index < -0.39 is 17.2 Å². The summed E-state index contributed by atoms with van der Waals surface area (Å²) < 4.78 is 7.09. The van der Waals surface area contributed by atoms with Gasteiger partial charge in [0.25, 0.3) is 5.56 Å². The number of thioether (sulfide) groups is 1. The van der Waals surface area contributed by atoms with Crippen molar-refractivity contribution in [1.29, 1.82) is 0 Å². The first-order valence-electron chi connectivity index (χ1n) is 11.0. The topological polar surface area (TPSA) is 102 Å². The molecule has 0 spiro atoms. The first kappa shape index (κ1) is 23.3. The molecule has 33 heavy (non-hydrogen) atoms. The monoisotopic (exact) mass is 486 g/mol. The van der Waals surface area contributed by atoms with Gasteiger partial charge in [-0.3, -0.25) is 19.5 Å². The summed E-state index contributed by atoms with van der Waals surface area (Å²) in [5, 5.41) is 5.31. The molecule has 0 fully saturated rings. The lowest BCUT2D eigenvalue weighted by atomic mass is 10.2. The van der Waals surface area contributed by atoms with Crippen molar-refractivity contribution < 1.29 is 14.3 Å². The van der Waals surface area contributed by atoms with Crippen LogP contribution in [0.4, 0.5) is 4.79 Å². The van der Waals surface area contributed by atoms with Gasteiger partial charge in [-0.1, -0.05) is 11.8 Å². The number of imide groups is 1. The summed E-state index contributed by atoms with van der Waals surface area (Å²) in [7, 11) is 0. The quantitative estimate of drug-likeness (QED) is 0.390. The second-order valence-electron chi connectivity index (χ2n) is 7.61. The number of thiophene rings is 1. The molecule has 0 saturated carbocycles. The number of benzene rings is 1. The van der Waals surface area contributed by atoms with Crippen LogP contribution in [0.2, 0.25) is 0 Å². The molecule has 0 radical (unpaired) electrons. The number of aryl methyl sites for hydroxylation is 2. The molecule has 2 N–H and O–H groups in total. The maximum Gasteiger partial charge on any atom is 0.321 e. The van der Waals surface area contributed by atoms with E-state index in [4.69, 9.17) is 9.72 Å². The summed E-state index contributed by atoms with van der Waals surface area (Å²) in [6.45, 7) is 6.34. The second-order valence-corrected chi connectivity index (χ2v) is 10.00. The molecule has 1 atom stereocenters. The average molecular weight is 487 g/mol. The van der Waals surface area contributed by atoms with Gasteiger partial charge in [0.2, 0.25) is 5.91 Å². The molecule has 8 nitrogen and oxygen atoms in total. The van der Waals surface area contributed by atoms with Gasteiger partial charge in [-0.2, -0.15) is 0 Å². The molecule has 0 aliphatic heterocycles. The zero-order valence-electron chi connectivity index (χ0n) is 18.8. The SMILES string of the molecule is CCNC(=O)NC(=O)[C@@H](C)Sc1nc2sc3c(c2c(=O)n1-c1ccc(OCC)cc1)CCC3. The Labute approximate surface area is 199 Å². The molecule has 3 amide bonds. The van der Waals surface area contributed by atoms with E-state index in [0.717, 1.165) is 36.6 Å². The van der Waals surface area contributed by atoms with Crippen molar-refractivity contribution in [2.75, 3.05) is 13.2 Å². The van der Waals surface area contributed by atoms with Crippen LogP contribution < -0.4 is 20.9 Å². The molecule has 2 aromatic heterocycles. The third kappa shape index (κ3) is 4.77. The first-order chi connectivity index (χ1) is 15.9. The minimum atomic E-state index is -0.641. The molecule has 0 saturated heterocycles. The number of urea groups is 1. The number of amides is 3. The minimum Gasteiger partial charge on any atom is -0.494 e. The fourth-order valence-electron chi connectivity index (χ4n) is 3.82. The molecule has 10 heteroatoms. The van der Waals surface area contributed by atoms with E-state index in [1.165, 1.54) is 4.88 Å². The van der Waals surface area contributed by atoms with Crippen LogP contribution in [0.15, 0.2) is 34.2 Å². The van der Waals surface area contributed by atoms with Gasteiger partial charge in [-0.15, -0.1) is 11.3 Å². The van der Waals surface area contributed by atoms with E-state index in [1.807, 2.05) is 31.2 Å². The van der Waals surface area contributed by atoms with Crippen molar-refractivity contribution >= 4 is 45.3 Å². The molecule has 1 aliphatic carbocycles. The van der Waals surface area contributed by atoms with Gasteiger partial charge in [0.1, 0.15) is 10.6 Å². The fourth-order valence-corrected chi connectivity index (χ4v) is 6.05. The molecule has 4 rings (SSSR count). The van der Waals surface area contributed by atoms with Gasteiger partial charge in [0.05, 0.1) is 22.9 Å². The van der Waals surface area contributed by atoms with E-state index in [9.17, 15) is 14.4 Å². The number of aromatic nitrogens is 2. The van der Waals surface area contributed by atoms with Crippen LogP contribution in [0.5, 0.6) is 5.75 Å². The minimum absolute atomic E-state index is 0.137. The van der Waals surface area contributed by atoms with Crippen molar-refractivity contribution in [3.8, 4) is 11.4 Å². The summed E-state index contributed by atoms with van der Waals surface area (Å²) in [5.41, 5.74) is 1.61. The maximum atomic E-state index is 13.7. The van der Waals surface area contributed by atoms with Gasteiger partial charge < -0.3 is 10.1 Å². The Balaban J connectivity index is 1.76. The van der Waals surface area contributed by atoms with Crippen LogP contribution in [0.25, 0.3) is 15.9 Å². The molecule has 3 aromatic rings. The molecule has 0 bridgehead atoms. The standard InChI is InChI=1S/C23H26N4O4S2/c1-4-24-22(30)25-19(28)13(3)32-23-26-20-18(16-7-6-8-17(16)33-20)21(29)27(23)14-9-11-15(12-10-14)31-5-2/h9-13H,4-8H2,1-3H3,(H2,24,25,28,30)/t13-/m1/s1. The number of fused-ring (bicyclic) bond motifs is 3. The Hall–Kier alpha value is -2.85. The summed E-state index contributed by atoms with van der Waals surface area (Å²) >= 11 is 2.71. The molecule has 1 aliphatic rings.